The average Bonchev–Trinajstić information content (AvgIpc) is 2.61. The normalized spacial score (nSPS) is 14.2. The van der Waals surface area contributed by atoms with E-state index in [1.54, 1.807) is 20.8 Å². The first kappa shape index (κ1) is 19.7. The van der Waals surface area contributed by atoms with E-state index in [2.05, 4.69) is 13.0 Å². The fourth-order valence-corrected chi connectivity index (χ4v) is 4.15. The molecule has 0 atom stereocenters. The molecule has 5 heteroatoms. The lowest BCUT2D eigenvalue weighted by molar-refractivity contribution is 0.170. The van der Waals surface area contributed by atoms with Crippen LogP contribution in [0.4, 0.5) is 0 Å². The maximum absolute atomic E-state index is 12.3. The molecule has 27 heavy (non-hydrogen) atoms. The summed E-state index contributed by atoms with van der Waals surface area (Å²) in [7, 11) is -3.16. The van der Waals surface area contributed by atoms with Gasteiger partial charge in [0.05, 0.1) is 10.5 Å². The molecule has 0 bridgehead atoms. The lowest BCUT2D eigenvalue weighted by atomic mass is 9.99. The molecule has 0 N–H and O–H groups in total. The van der Waals surface area contributed by atoms with Crippen molar-refractivity contribution in [2.24, 2.45) is 0 Å². The Kier molecular flexibility index (Phi) is 5.52. The molecule has 146 valence electrons. The second-order valence-electron chi connectivity index (χ2n) is 8.06. The molecule has 1 aliphatic rings. The molecule has 2 aromatic carbocycles. The van der Waals surface area contributed by atoms with Crippen molar-refractivity contribution in [3.63, 3.8) is 0 Å². The van der Waals surface area contributed by atoms with Gasteiger partial charge in [0.2, 0.25) is 0 Å². The van der Waals surface area contributed by atoms with Gasteiger partial charge in [-0.1, -0.05) is 30.3 Å². The molecule has 0 saturated heterocycles. The predicted octanol–water partition coefficient (Wildman–Crippen LogP) is 4.26. The Hall–Kier alpha value is -2.01. The minimum Gasteiger partial charge on any atom is -0.486 e. The zero-order valence-electron chi connectivity index (χ0n) is 16.5. The first-order valence-electron chi connectivity index (χ1n) is 9.35. The quantitative estimate of drug-likeness (QED) is 0.768. The zero-order valence-corrected chi connectivity index (χ0v) is 17.4. The molecule has 0 unspecified atom stereocenters. The van der Waals surface area contributed by atoms with Crippen molar-refractivity contribution in [2.45, 2.75) is 51.0 Å². The second-order valence-corrected chi connectivity index (χ2v) is 10.8. The summed E-state index contributed by atoms with van der Waals surface area (Å²) in [5, 5.41) is 0. The van der Waals surface area contributed by atoms with E-state index in [1.165, 1.54) is 11.1 Å². The molecule has 1 heterocycles. The molecule has 0 radical (unpaired) electrons. The Balaban J connectivity index is 1.66. The summed E-state index contributed by atoms with van der Waals surface area (Å²) < 4.78 is 35.3. The van der Waals surface area contributed by atoms with E-state index >= 15 is 0 Å². The summed E-state index contributed by atoms with van der Waals surface area (Å²) in [6.07, 6.45) is 1.80. The smallest absolute Gasteiger partial charge is 0.164 e. The summed E-state index contributed by atoms with van der Waals surface area (Å²) in [5.74, 6) is 1.77. The van der Waals surface area contributed by atoms with Gasteiger partial charge in [0, 0.05) is 0 Å². The molecule has 3 rings (SSSR count). The molecule has 4 nitrogen and oxygen atoms in total. The summed E-state index contributed by atoms with van der Waals surface area (Å²) in [6.45, 7) is 8.49. The molecule has 0 aromatic heterocycles. The number of benzene rings is 2. The lowest BCUT2D eigenvalue weighted by Crippen LogP contribution is -2.29. The second kappa shape index (κ2) is 7.55. The van der Waals surface area contributed by atoms with Crippen LogP contribution in [0.15, 0.2) is 36.4 Å². The summed E-state index contributed by atoms with van der Waals surface area (Å²) in [4.78, 5) is 0. The molecule has 0 aliphatic carbocycles. The number of rotatable bonds is 5. The molecule has 0 amide bonds. The molecule has 2 aromatic rings. The third-order valence-electron chi connectivity index (χ3n) is 5.06. The Morgan fingerprint density at radius 2 is 1.52 bits per heavy atom. The van der Waals surface area contributed by atoms with Crippen LogP contribution in [0.3, 0.4) is 0 Å². The van der Waals surface area contributed by atoms with Crippen LogP contribution in [-0.4, -0.2) is 26.4 Å². The first-order chi connectivity index (χ1) is 12.7. The van der Waals surface area contributed by atoms with Gasteiger partial charge in [-0.05, 0) is 68.9 Å². The Morgan fingerprint density at radius 1 is 0.889 bits per heavy atom. The highest BCUT2D eigenvalue weighted by Crippen LogP contribution is 2.35. The van der Waals surface area contributed by atoms with E-state index in [4.69, 9.17) is 9.47 Å². The predicted molar refractivity (Wildman–Crippen MR) is 108 cm³/mol. The lowest BCUT2D eigenvalue weighted by Gasteiger charge is -2.21. The standard InChI is InChI=1S/C22H28O4S/c1-16-19(11-12-20-21(16)26-14-13-25-20)10-9-17-5-7-18(8-6-17)15-27(23,24)22(2,3)4/h5-8,11-12H,9-10,13-15H2,1-4H3. The summed E-state index contributed by atoms with van der Waals surface area (Å²) >= 11 is 0. The van der Waals surface area contributed by atoms with Gasteiger partial charge >= 0.3 is 0 Å². The van der Waals surface area contributed by atoms with Gasteiger partial charge in [0.1, 0.15) is 13.2 Å². The van der Waals surface area contributed by atoms with Crippen LogP contribution in [0.5, 0.6) is 11.5 Å². The van der Waals surface area contributed by atoms with Crippen molar-refractivity contribution in [3.8, 4) is 11.5 Å². The van der Waals surface area contributed by atoms with Crippen LogP contribution in [0.1, 0.15) is 43.0 Å². The van der Waals surface area contributed by atoms with Crippen LogP contribution >= 0.6 is 0 Å². The van der Waals surface area contributed by atoms with Gasteiger partial charge in [0.25, 0.3) is 0 Å². The van der Waals surface area contributed by atoms with Gasteiger partial charge in [-0.25, -0.2) is 8.42 Å². The number of aryl methyl sites for hydroxylation is 2. The number of hydrogen-bond donors (Lipinski definition) is 0. The van der Waals surface area contributed by atoms with E-state index in [9.17, 15) is 8.42 Å². The van der Waals surface area contributed by atoms with Crippen molar-refractivity contribution in [2.75, 3.05) is 13.2 Å². The number of fused-ring (bicyclic) bond motifs is 1. The Labute approximate surface area is 162 Å². The number of ether oxygens (including phenoxy) is 2. The maximum Gasteiger partial charge on any atom is 0.164 e. The summed E-state index contributed by atoms with van der Waals surface area (Å²) in [6, 6.07) is 12.0. The fourth-order valence-electron chi connectivity index (χ4n) is 3.08. The van der Waals surface area contributed by atoms with Gasteiger partial charge in [-0.15, -0.1) is 0 Å². The van der Waals surface area contributed by atoms with E-state index in [1.807, 2.05) is 30.3 Å². The van der Waals surface area contributed by atoms with Gasteiger partial charge in [-0.3, -0.25) is 0 Å². The Morgan fingerprint density at radius 3 is 2.19 bits per heavy atom. The fraction of sp³-hybridized carbons (Fsp3) is 0.455. The van der Waals surface area contributed by atoms with Crippen molar-refractivity contribution >= 4 is 9.84 Å². The van der Waals surface area contributed by atoms with Crippen LogP contribution in [-0.2, 0) is 28.4 Å². The van der Waals surface area contributed by atoms with Crippen LogP contribution in [0.2, 0.25) is 0 Å². The average molecular weight is 389 g/mol. The number of hydrogen-bond acceptors (Lipinski definition) is 4. The SMILES string of the molecule is Cc1c(CCc2ccc(CS(=O)(=O)C(C)(C)C)cc2)ccc2c1OCCO2. The van der Waals surface area contributed by atoms with E-state index in [-0.39, 0.29) is 5.75 Å². The van der Waals surface area contributed by atoms with Crippen molar-refractivity contribution in [3.05, 3.63) is 58.7 Å². The van der Waals surface area contributed by atoms with E-state index in [0.717, 1.165) is 35.5 Å². The van der Waals surface area contributed by atoms with Crippen molar-refractivity contribution in [1.29, 1.82) is 0 Å². The van der Waals surface area contributed by atoms with Crippen molar-refractivity contribution in [1.82, 2.24) is 0 Å². The highest BCUT2D eigenvalue weighted by Gasteiger charge is 2.28. The van der Waals surface area contributed by atoms with Gasteiger partial charge in [0.15, 0.2) is 21.3 Å². The van der Waals surface area contributed by atoms with Crippen LogP contribution in [0.25, 0.3) is 0 Å². The molecular formula is C22H28O4S. The Bertz CT molecular complexity index is 907. The summed E-state index contributed by atoms with van der Waals surface area (Å²) in [5.41, 5.74) is 4.42. The molecular weight excluding hydrogens is 360 g/mol. The monoisotopic (exact) mass is 388 g/mol. The number of sulfone groups is 1. The topological polar surface area (TPSA) is 52.6 Å². The van der Waals surface area contributed by atoms with Gasteiger partial charge < -0.3 is 9.47 Å². The van der Waals surface area contributed by atoms with Crippen LogP contribution < -0.4 is 9.47 Å². The third-order valence-corrected chi connectivity index (χ3v) is 7.64. The zero-order chi connectivity index (χ0) is 19.7. The molecule has 1 aliphatic heterocycles. The molecule has 0 spiro atoms. The third kappa shape index (κ3) is 4.46. The van der Waals surface area contributed by atoms with E-state index in [0.29, 0.717) is 13.2 Å². The molecule has 0 fully saturated rings. The molecule has 0 saturated carbocycles. The maximum atomic E-state index is 12.3. The van der Waals surface area contributed by atoms with Crippen LogP contribution in [0, 0.1) is 6.92 Å². The first-order valence-corrected chi connectivity index (χ1v) is 11.0. The highest BCUT2D eigenvalue weighted by atomic mass is 32.2. The minimum absolute atomic E-state index is 0.0814. The highest BCUT2D eigenvalue weighted by molar-refractivity contribution is 7.91. The minimum atomic E-state index is -3.16. The van der Waals surface area contributed by atoms with Gasteiger partial charge in [-0.2, -0.15) is 0 Å². The van der Waals surface area contributed by atoms with E-state index < -0.39 is 14.6 Å². The largest absolute Gasteiger partial charge is 0.486 e. The van der Waals surface area contributed by atoms with Crippen molar-refractivity contribution < 1.29 is 17.9 Å².